The molecular weight excluding hydrogens is 280 g/mol. The summed E-state index contributed by atoms with van der Waals surface area (Å²) in [6.45, 7) is 4.06. The zero-order valence-electron chi connectivity index (χ0n) is 11.7. The van der Waals surface area contributed by atoms with Gasteiger partial charge in [-0.15, -0.1) is 0 Å². The largest absolute Gasteiger partial charge is 0.492 e. The lowest BCUT2D eigenvalue weighted by atomic mass is 10.2. The van der Waals surface area contributed by atoms with Crippen LogP contribution < -0.4 is 15.2 Å². The van der Waals surface area contributed by atoms with Crippen LogP contribution in [0.4, 0.5) is 5.69 Å². The maximum atomic E-state index is 11.6. The van der Waals surface area contributed by atoms with E-state index in [4.69, 9.17) is 9.88 Å². The summed E-state index contributed by atoms with van der Waals surface area (Å²) in [6, 6.07) is 4.38. The number of hydrogen-bond acceptors (Lipinski definition) is 4. The Balaban J connectivity index is 2.98. The molecule has 1 aromatic rings. The number of unbranched alkanes of at least 4 members (excludes halogenated alkanes) is 1. The summed E-state index contributed by atoms with van der Waals surface area (Å²) >= 11 is 0. The Bertz CT molecular complexity index is 570. The number of ether oxygens (including phenoxy) is 1. The van der Waals surface area contributed by atoms with Crippen molar-refractivity contribution in [2.45, 2.75) is 38.0 Å². The Morgan fingerprint density at radius 1 is 1.35 bits per heavy atom. The molecule has 0 aliphatic heterocycles. The minimum atomic E-state index is -3.91. The van der Waals surface area contributed by atoms with E-state index in [1.807, 2.05) is 6.92 Å². The number of carbonyl (C=O) groups is 1. The van der Waals surface area contributed by atoms with E-state index in [1.165, 1.54) is 12.1 Å². The van der Waals surface area contributed by atoms with E-state index in [0.717, 1.165) is 12.8 Å². The van der Waals surface area contributed by atoms with Crippen LogP contribution in [0, 0.1) is 0 Å². The van der Waals surface area contributed by atoms with Crippen LogP contribution in [0.3, 0.4) is 0 Å². The van der Waals surface area contributed by atoms with Gasteiger partial charge in [0.25, 0.3) is 0 Å². The molecule has 7 heteroatoms. The number of primary sulfonamides is 1. The second kappa shape index (κ2) is 7.25. The second-order valence-electron chi connectivity index (χ2n) is 4.29. The third-order valence-electron chi connectivity index (χ3n) is 2.59. The fourth-order valence-corrected chi connectivity index (χ4v) is 2.34. The lowest BCUT2D eigenvalue weighted by Crippen LogP contribution is -2.16. The topological polar surface area (TPSA) is 98.5 Å². The molecule has 0 bridgehead atoms. The van der Waals surface area contributed by atoms with Gasteiger partial charge in [-0.1, -0.05) is 13.3 Å². The summed E-state index contributed by atoms with van der Waals surface area (Å²) < 4.78 is 28.3. The summed E-state index contributed by atoms with van der Waals surface area (Å²) in [4.78, 5) is 11.5. The van der Waals surface area contributed by atoms with Gasteiger partial charge in [-0.3, -0.25) is 4.79 Å². The molecule has 0 atom stereocenters. The van der Waals surface area contributed by atoms with Crippen molar-refractivity contribution in [2.24, 2.45) is 5.14 Å². The smallest absolute Gasteiger partial charge is 0.241 e. The van der Waals surface area contributed by atoms with Crippen molar-refractivity contribution < 1.29 is 17.9 Å². The van der Waals surface area contributed by atoms with E-state index < -0.39 is 10.0 Å². The third-order valence-corrected chi connectivity index (χ3v) is 3.52. The standard InChI is InChI=1S/C13H20N2O4S/c1-3-5-6-13(16)15-10-7-8-11(19-4-2)12(9-10)20(14,17)18/h7-9H,3-6H2,1-2H3,(H,15,16)(H2,14,17,18). The van der Waals surface area contributed by atoms with Gasteiger partial charge in [-0.25, -0.2) is 13.6 Å². The van der Waals surface area contributed by atoms with Crippen molar-refractivity contribution in [3.8, 4) is 5.75 Å². The van der Waals surface area contributed by atoms with E-state index in [0.29, 0.717) is 18.7 Å². The maximum Gasteiger partial charge on any atom is 0.241 e. The first-order chi connectivity index (χ1) is 9.38. The van der Waals surface area contributed by atoms with Crippen molar-refractivity contribution in [3.05, 3.63) is 18.2 Å². The number of nitrogens with two attached hydrogens (primary N) is 1. The first-order valence-corrected chi connectivity index (χ1v) is 8.02. The van der Waals surface area contributed by atoms with Gasteiger partial charge in [0.2, 0.25) is 15.9 Å². The number of sulfonamides is 1. The Morgan fingerprint density at radius 2 is 2.05 bits per heavy atom. The number of carbonyl (C=O) groups excluding carboxylic acids is 1. The maximum absolute atomic E-state index is 11.6. The van der Waals surface area contributed by atoms with Crippen molar-refractivity contribution in [1.29, 1.82) is 0 Å². The predicted octanol–water partition coefficient (Wildman–Crippen LogP) is 1.86. The van der Waals surface area contributed by atoms with Crippen molar-refractivity contribution >= 4 is 21.6 Å². The SMILES string of the molecule is CCCCC(=O)Nc1ccc(OCC)c(S(N)(=O)=O)c1. The van der Waals surface area contributed by atoms with Crippen LogP contribution in [-0.2, 0) is 14.8 Å². The van der Waals surface area contributed by atoms with Gasteiger partial charge in [0.1, 0.15) is 10.6 Å². The van der Waals surface area contributed by atoms with E-state index in [2.05, 4.69) is 5.32 Å². The zero-order valence-corrected chi connectivity index (χ0v) is 12.5. The van der Waals surface area contributed by atoms with Crippen LogP contribution in [0.5, 0.6) is 5.75 Å². The average Bonchev–Trinajstić information content (AvgIpc) is 2.37. The average molecular weight is 300 g/mol. The first-order valence-electron chi connectivity index (χ1n) is 6.48. The molecular formula is C13H20N2O4S. The normalized spacial score (nSPS) is 11.2. The van der Waals surface area contributed by atoms with Crippen LogP contribution >= 0.6 is 0 Å². The third kappa shape index (κ3) is 4.82. The van der Waals surface area contributed by atoms with Crippen LogP contribution in [-0.4, -0.2) is 20.9 Å². The quantitative estimate of drug-likeness (QED) is 0.803. The molecule has 0 radical (unpaired) electrons. The molecule has 0 saturated carbocycles. The molecule has 0 aromatic heterocycles. The van der Waals surface area contributed by atoms with E-state index in [-0.39, 0.29) is 16.6 Å². The fraction of sp³-hybridized carbons (Fsp3) is 0.462. The highest BCUT2D eigenvalue weighted by Gasteiger charge is 2.16. The Labute approximate surface area is 119 Å². The van der Waals surface area contributed by atoms with Crippen molar-refractivity contribution in [1.82, 2.24) is 0 Å². The fourth-order valence-electron chi connectivity index (χ4n) is 1.64. The summed E-state index contributed by atoms with van der Waals surface area (Å²) in [5, 5.41) is 7.79. The number of rotatable bonds is 7. The summed E-state index contributed by atoms with van der Waals surface area (Å²) in [7, 11) is -3.91. The van der Waals surface area contributed by atoms with Gasteiger partial charge < -0.3 is 10.1 Å². The highest BCUT2D eigenvalue weighted by atomic mass is 32.2. The molecule has 3 N–H and O–H groups in total. The Kier molecular flexibility index (Phi) is 5.97. The molecule has 0 fully saturated rings. The molecule has 1 aromatic carbocycles. The van der Waals surface area contributed by atoms with Crippen LogP contribution in [0.15, 0.2) is 23.1 Å². The molecule has 0 aliphatic rings. The highest BCUT2D eigenvalue weighted by molar-refractivity contribution is 7.89. The number of anilines is 1. The first kappa shape index (κ1) is 16.5. The lowest BCUT2D eigenvalue weighted by molar-refractivity contribution is -0.116. The molecule has 1 rings (SSSR count). The number of hydrogen-bond donors (Lipinski definition) is 2. The summed E-state index contributed by atoms with van der Waals surface area (Å²) in [6.07, 6.45) is 2.10. The minimum absolute atomic E-state index is 0.132. The van der Waals surface area contributed by atoms with E-state index in [1.54, 1.807) is 13.0 Å². The predicted molar refractivity (Wildman–Crippen MR) is 77.1 cm³/mol. The molecule has 0 aliphatic carbocycles. The molecule has 0 saturated heterocycles. The van der Waals surface area contributed by atoms with E-state index >= 15 is 0 Å². The van der Waals surface area contributed by atoms with Crippen LogP contribution in [0.25, 0.3) is 0 Å². The van der Waals surface area contributed by atoms with Crippen LogP contribution in [0.1, 0.15) is 33.1 Å². The Morgan fingerprint density at radius 3 is 2.60 bits per heavy atom. The number of amides is 1. The number of benzene rings is 1. The molecule has 6 nitrogen and oxygen atoms in total. The van der Waals surface area contributed by atoms with E-state index in [9.17, 15) is 13.2 Å². The van der Waals surface area contributed by atoms with Gasteiger partial charge in [-0.05, 0) is 31.5 Å². The van der Waals surface area contributed by atoms with Crippen molar-refractivity contribution in [3.63, 3.8) is 0 Å². The molecule has 112 valence electrons. The monoisotopic (exact) mass is 300 g/mol. The summed E-state index contributed by atoms with van der Waals surface area (Å²) in [5.74, 6) is 0.0259. The van der Waals surface area contributed by atoms with Gasteiger partial charge >= 0.3 is 0 Å². The van der Waals surface area contributed by atoms with Gasteiger partial charge in [0.15, 0.2) is 0 Å². The lowest BCUT2D eigenvalue weighted by Gasteiger charge is -2.11. The summed E-state index contributed by atoms with van der Waals surface area (Å²) in [5.41, 5.74) is 0.388. The molecule has 0 unspecified atom stereocenters. The number of nitrogens with one attached hydrogen (secondary N) is 1. The second-order valence-corrected chi connectivity index (χ2v) is 5.82. The molecule has 20 heavy (non-hydrogen) atoms. The Hall–Kier alpha value is -1.60. The zero-order chi connectivity index (χ0) is 15.2. The highest BCUT2D eigenvalue weighted by Crippen LogP contribution is 2.26. The molecule has 0 spiro atoms. The minimum Gasteiger partial charge on any atom is -0.492 e. The van der Waals surface area contributed by atoms with Crippen molar-refractivity contribution in [2.75, 3.05) is 11.9 Å². The van der Waals surface area contributed by atoms with Gasteiger partial charge in [0, 0.05) is 12.1 Å². The molecule has 1 amide bonds. The van der Waals surface area contributed by atoms with Crippen LogP contribution in [0.2, 0.25) is 0 Å². The molecule has 0 heterocycles. The van der Waals surface area contributed by atoms with Gasteiger partial charge in [-0.2, -0.15) is 0 Å². The van der Waals surface area contributed by atoms with Gasteiger partial charge in [0.05, 0.1) is 6.61 Å².